The van der Waals surface area contributed by atoms with Crippen LogP contribution in [0.2, 0.25) is 10.0 Å². The van der Waals surface area contributed by atoms with Gasteiger partial charge in [0.05, 0.1) is 0 Å². The maximum absolute atomic E-state index is 6.04. The predicted octanol–water partition coefficient (Wildman–Crippen LogP) is 3.52. The van der Waals surface area contributed by atoms with E-state index in [0.29, 0.717) is 12.5 Å². The van der Waals surface area contributed by atoms with E-state index >= 15 is 0 Å². The molecule has 1 aromatic rings. The fourth-order valence-corrected chi connectivity index (χ4v) is 1.87. The number of hydrogen-bond acceptors (Lipinski definition) is 1. The van der Waals surface area contributed by atoms with E-state index in [1.807, 2.05) is 18.2 Å². The molecule has 1 unspecified atom stereocenters. The van der Waals surface area contributed by atoms with Gasteiger partial charge in [0.25, 0.3) is 0 Å². The molecule has 14 heavy (non-hydrogen) atoms. The van der Waals surface area contributed by atoms with E-state index in [1.165, 1.54) is 0 Å². The third kappa shape index (κ3) is 3.16. The lowest BCUT2D eigenvalue weighted by Crippen LogP contribution is -2.11. The number of benzene rings is 1. The molecule has 0 bridgehead atoms. The van der Waals surface area contributed by atoms with Crippen molar-refractivity contribution in [3.8, 4) is 0 Å². The van der Waals surface area contributed by atoms with Gasteiger partial charge in [0.2, 0.25) is 0 Å². The van der Waals surface area contributed by atoms with Crippen molar-refractivity contribution in [2.24, 2.45) is 11.7 Å². The molecule has 2 N–H and O–H groups in total. The van der Waals surface area contributed by atoms with Crippen LogP contribution < -0.4 is 5.73 Å². The van der Waals surface area contributed by atoms with Crippen molar-refractivity contribution in [2.45, 2.75) is 19.8 Å². The molecule has 3 heteroatoms. The smallest absolute Gasteiger partial charge is 0.0452 e. The van der Waals surface area contributed by atoms with Crippen molar-refractivity contribution >= 4 is 23.2 Å². The first kappa shape index (κ1) is 11.8. The minimum atomic E-state index is 0.516. The van der Waals surface area contributed by atoms with Gasteiger partial charge in [-0.05, 0) is 43.0 Å². The molecule has 0 amide bonds. The van der Waals surface area contributed by atoms with Gasteiger partial charge in [-0.3, -0.25) is 0 Å². The number of halogens is 2. The van der Waals surface area contributed by atoms with Crippen LogP contribution in [0.25, 0.3) is 0 Å². The molecule has 0 aliphatic heterocycles. The summed E-state index contributed by atoms with van der Waals surface area (Å²) in [5.74, 6) is 0.516. The third-order valence-electron chi connectivity index (χ3n) is 2.35. The average Bonchev–Trinajstić information content (AvgIpc) is 2.16. The Bertz CT molecular complexity index is 279. The van der Waals surface area contributed by atoms with Crippen molar-refractivity contribution in [3.05, 3.63) is 33.8 Å². The van der Waals surface area contributed by atoms with Gasteiger partial charge >= 0.3 is 0 Å². The van der Waals surface area contributed by atoms with Gasteiger partial charge in [0.15, 0.2) is 0 Å². The quantitative estimate of drug-likeness (QED) is 0.844. The summed E-state index contributed by atoms with van der Waals surface area (Å²) in [5.41, 5.74) is 6.58. The number of hydrogen-bond donors (Lipinski definition) is 1. The van der Waals surface area contributed by atoms with Crippen LogP contribution in [0.4, 0.5) is 0 Å². The largest absolute Gasteiger partial charge is 0.330 e. The maximum atomic E-state index is 6.04. The Labute approximate surface area is 95.2 Å². The second-order valence-electron chi connectivity index (χ2n) is 3.58. The van der Waals surface area contributed by atoms with Gasteiger partial charge in [-0.25, -0.2) is 0 Å². The summed E-state index contributed by atoms with van der Waals surface area (Å²) >= 11 is 12.1. The minimum Gasteiger partial charge on any atom is -0.330 e. The molecule has 0 aromatic heterocycles. The summed E-state index contributed by atoms with van der Waals surface area (Å²) < 4.78 is 0. The molecule has 0 spiro atoms. The predicted molar refractivity (Wildman–Crippen MR) is 63.0 cm³/mol. The van der Waals surface area contributed by atoms with Crippen LogP contribution in [0.15, 0.2) is 18.2 Å². The zero-order valence-electron chi connectivity index (χ0n) is 8.26. The molecule has 78 valence electrons. The first-order chi connectivity index (χ1) is 6.65. The van der Waals surface area contributed by atoms with Crippen molar-refractivity contribution in [2.75, 3.05) is 6.54 Å². The van der Waals surface area contributed by atoms with Gasteiger partial charge in [-0.1, -0.05) is 36.2 Å². The molecular weight excluding hydrogens is 217 g/mol. The van der Waals surface area contributed by atoms with Crippen LogP contribution in [0.1, 0.15) is 18.9 Å². The lowest BCUT2D eigenvalue weighted by atomic mass is 10.0. The Hall–Kier alpha value is -0.240. The summed E-state index contributed by atoms with van der Waals surface area (Å²) in [7, 11) is 0. The molecule has 1 aromatic carbocycles. The molecule has 0 radical (unpaired) electrons. The molecule has 0 aliphatic carbocycles. The van der Waals surface area contributed by atoms with Crippen molar-refractivity contribution < 1.29 is 0 Å². The van der Waals surface area contributed by atoms with Crippen LogP contribution in [0.3, 0.4) is 0 Å². The molecule has 0 fully saturated rings. The molecule has 0 aliphatic rings. The summed E-state index contributed by atoms with van der Waals surface area (Å²) in [6.45, 7) is 2.84. The van der Waals surface area contributed by atoms with Crippen LogP contribution in [-0.2, 0) is 6.42 Å². The Morgan fingerprint density at radius 2 is 1.86 bits per heavy atom. The molecule has 1 nitrogen and oxygen atoms in total. The Balaban J connectivity index is 2.66. The van der Waals surface area contributed by atoms with Gasteiger partial charge in [-0.2, -0.15) is 0 Å². The average molecular weight is 232 g/mol. The molecule has 0 heterocycles. The lowest BCUT2D eigenvalue weighted by Gasteiger charge is -2.10. The topological polar surface area (TPSA) is 26.0 Å². The molecular formula is C11H15Cl2N. The zero-order valence-corrected chi connectivity index (χ0v) is 9.78. The zero-order chi connectivity index (χ0) is 10.6. The lowest BCUT2D eigenvalue weighted by molar-refractivity contribution is 0.545. The van der Waals surface area contributed by atoms with E-state index < -0.39 is 0 Å². The van der Waals surface area contributed by atoms with Gasteiger partial charge in [0.1, 0.15) is 0 Å². The van der Waals surface area contributed by atoms with E-state index in [2.05, 4.69) is 6.92 Å². The standard InChI is InChI=1S/C11H15Cl2N/c1-8(7-14)5-6-9-10(12)3-2-4-11(9)13/h2-4,8H,5-7,14H2,1H3. The number of nitrogens with two attached hydrogens (primary N) is 1. The summed E-state index contributed by atoms with van der Waals surface area (Å²) in [4.78, 5) is 0. The van der Waals surface area contributed by atoms with Crippen LogP contribution >= 0.6 is 23.2 Å². The fourth-order valence-electron chi connectivity index (χ4n) is 1.28. The van der Waals surface area contributed by atoms with Crippen molar-refractivity contribution in [1.82, 2.24) is 0 Å². The Kier molecular flexibility index (Phi) is 4.73. The fraction of sp³-hybridized carbons (Fsp3) is 0.455. The normalized spacial score (nSPS) is 12.9. The van der Waals surface area contributed by atoms with Gasteiger partial charge < -0.3 is 5.73 Å². The van der Waals surface area contributed by atoms with E-state index in [0.717, 1.165) is 28.5 Å². The summed E-state index contributed by atoms with van der Waals surface area (Å²) in [6.07, 6.45) is 1.93. The van der Waals surface area contributed by atoms with Crippen molar-refractivity contribution in [3.63, 3.8) is 0 Å². The van der Waals surface area contributed by atoms with E-state index in [-0.39, 0.29) is 0 Å². The van der Waals surface area contributed by atoms with Gasteiger partial charge in [-0.15, -0.1) is 0 Å². The molecule has 1 rings (SSSR count). The van der Waals surface area contributed by atoms with Gasteiger partial charge in [0, 0.05) is 10.0 Å². The van der Waals surface area contributed by atoms with Crippen LogP contribution in [-0.4, -0.2) is 6.54 Å². The Morgan fingerprint density at radius 3 is 2.36 bits per heavy atom. The molecule has 0 saturated carbocycles. The minimum absolute atomic E-state index is 0.516. The highest BCUT2D eigenvalue weighted by Crippen LogP contribution is 2.26. The van der Waals surface area contributed by atoms with Crippen molar-refractivity contribution in [1.29, 1.82) is 0 Å². The summed E-state index contributed by atoms with van der Waals surface area (Å²) in [6, 6.07) is 5.60. The number of rotatable bonds is 4. The maximum Gasteiger partial charge on any atom is 0.0452 e. The first-order valence-corrected chi connectivity index (χ1v) is 5.53. The van der Waals surface area contributed by atoms with E-state index in [9.17, 15) is 0 Å². The van der Waals surface area contributed by atoms with E-state index in [1.54, 1.807) is 0 Å². The third-order valence-corrected chi connectivity index (χ3v) is 3.06. The molecule has 0 saturated heterocycles. The summed E-state index contributed by atoms with van der Waals surface area (Å²) in [5, 5.41) is 1.50. The van der Waals surface area contributed by atoms with E-state index in [4.69, 9.17) is 28.9 Å². The second-order valence-corrected chi connectivity index (χ2v) is 4.39. The molecule has 1 atom stereocenters. The Morgan fingerprint density at radius 1 is 1.29 bits per heavy atom. The monoisotopic (exact) mass is 231 g/mol. The first-order valence-electron chi connectivity index (χ1n) is 4.78. The highest BCUT2D eigenvalue weighted by atomic mass is 35.5. The highest BCUT2D eigenvalue weighted by Gasteiger charge is 2.07. The highest BCUT2D eigenvalue weighted by molar-refractivity contribution is 6.35. The SMILES string of the molecule is CC(CN)CCc1c(Cl)cccc1Cl. The van der Waals surface area contributed by atoms with Crippen LogP contribution in [0.5, 0.6) is 0 Å². The van der Waals surface area contributed by atoms with Crippen LogP contribution in [0, 0.1) is 5.92 Å². The second kappa shape index (κ2) is 5.59.